The molecule has 0 aliphatic heterocycles. The Hall–Kier alpha value is -1.84. The van der Waals surface area contributed by atoms with Crippen LogP contribution < -0.4 is 10.6 Å². The summed E-state index contributed by atoms with van der Waals surface area (Å²) in [5.41, 5.74) is 0.537. The van der Waals surface area contributed by atoms with Gasteiger partial charge in [-0.2, -0.15) is 5.10 Å². The number of carbonyl (C=O) groups excluding carboxylic acids is 1. The summed E-state index contributed by atoms with van der Waals surface area (Å²) < 4.78 is 4.94. The second kappa shape index (κ2) is 4.25. The molecule has 0 atom stereocenters. The van der Waals surface area contributed by atoms with Crippen LogP contribution in [0.4, 0.5) is 0 Å². The van der Waals surface area contributed by atoms with E-state index in [1.165, 1.54) is 0 Å². The van der Waals surface area contributed by atoms with Gasteiger partial charge in [0.05, 0.1) is 13.3 Å². The number of ketones is 1. The summed E-state index contributed by atoms with van der Waals surface area (Å²) >= 11 is 0. The zero-order valence-electron chi connectivity index (χ0n) is 7.23. The van der Waals surface area contributed by atoms with Crippen LogP contribution in [0, 0.1) is 0 Å². The van der Waals surface area contributed by atoms with E-state index in [1.807, 2.05) is 0 Å². The first-order valence-corrected chi connectivity index (χ1v) is 3.69. The van der Waals surface area contributed by atoms with Gasteiger partial charge in [-0.15, -0.1) is 0 Å². The third-order valence-corrected chi connectivity index (χ3v) is 1.57. The summed E-state index contributed by atoms with van der Waals surface area (Å²) in [5, 5.41) is 3.15. The number of ether oxygens (including phenoxy) is 1. The van der Waals surface area contributed by atoms with Gasteiger partial charge in [0.25, 0.3) is 0 Å². The molecule has 0 saturated carbocycles. The van der Waals surface area contributed by atoms with Crippen molar-refractivity contribution in [1.29, 1.82) is 0 Å². The first-order valence-electron chi connectivity index (χ1n) is 3.69. The number of methoxy groups -OCH3 is 1. The van der Waals surface area contributed by atoms with E-state index in [1.54, 1.807) is 31.4 Å². The number of hydrogen-bond acceptors (Lipinski definition) is 4. The number of hydrazone groups is 1. The van der Waals surface area contributed by atoms with E-state index in [0.29, 0.717) is 11.3 Å². The number of Topliss-reactive ketones (excluding diaryl/α,β-unsaturated/α-hetero) is 1. The van der Waals surface area contributed by atoms with Gasteiger partial charge in [-0.3, -0.25) is 4.79 Å². The van der Waals surface area contributed by atoms with E-state index >= 15 is 0 Å². The monoisotopic (exact) mass is 178 g/mol. The van der Waals surface area contributed by atoms with Crippen LogP contribution in [-0.4, -0.2) is 19.1 Å². The van der Waals surface area contributed by atoms with Gasteiger partial charge in [-0.25, -0.2) is 0 Å². The SMILES string of the molecule is COc1ccc(C(=O)C=NN)cc1. The first-order chi connectivity index (χ1) is 6.27. The molecule has 68 valence electrons. The van der Waals surface area contributed by atoms with Crippen molar-refractivity contribution in [2.75, 3.05) is 7.11 Å². The summed E-state index contributed by atoms with van der Waals surface area (Å²) in [6.45, 7) is 0. The molecular weight excluding hydrogens is 168 g/mol. The Balaban J connectivity index is 2.85. The average molecular weight is 178 g/mol. The van der Waals surface area contributed by atoms with Crippen molar-refractivity contribution in [3.05, 3.63) is 29.8 Å². The molecular formula is C9H10N2O2. The highest BCUT2D eigenvalue weighted by Crippen LogP contribution is 2.10. The summed E-state index contributed by atoms with van der Waals surface area (Å²) in [5.74, 6) is 5.34. The smallest absolute Gasteiger partial charge is 0.205 e. The van der Waals surface area contributed by atoms with Crippen molar-refractivity contribution in [2.45, 2.75) is 0 Å². The molecule has 0 aliphatic rings. The van der Waals surface area contributed by atoms with Gasteiger partial charge in [0.2, 0.25) is 5.78 Å². The summed E-state index contributed by atoms with van der Waals surface area (Å²) in [6, 6.07) is 6.72. The molecule has 13 heavy (non-hydrogen) atoms. The fourth-order valence-electron chi connectivity index (χ4n) is 0.898. The maximum absolute atomic E-state index is 11.2. The third kappa shape index (κ3) is 2.30. The highest BCUT2D eigenvalue weighted by atomic mass is 16.5. The summed E-state index contributed by atoms with van der Waals surface area (Å²) in [6.07, 6.45) is 1.07. The van der Waals surface area contributed by atoms with Gasteiger partial charge in [-0.1, -0.05) is 0 Å². The lowest BCUT2D eigenvalue weighted by Crippen LogP contribution is -2.01. The van der Waals surface area contributed by atoms with Crippen LogP contribution in [0.3, 0.4) is 0 Å². The Morgan fingerprint density at radius 2 is 2.08 bits per heavy atom. The lowest BCUT2D eigenvalue weighted by atomic mass is 10.1. The lowest BCUT2D eigenvalue weighted by molar-refractivity contribution is 0.107. The molecule has 0 spiro atoms. The quantitative estimate of drug-likeness (QED) is 0.322. The molecule has 0 radical (unpaired) electrons. The Bertz CT molecular complexity index is 317. The molecule has 0 saturated heterocycles. The van der Waals surface area contributed by atoms with Gasteiger partial charge in [0.1, 0.15) is 5.75 Å². The third-order valence-electron chi connectivity index (χ3n) is 1.57. The van der Waals surface area contributed by atoms with Crippen molar-refractivity contribution in [3.8, 4) is 5.75 Å². The van der Waals surface area contributed by atoms with Crippen molar-refractivity contribution < 1.29 is 9.53 Å². The molecule has 0 aliphatic carbocycles. The number of hydrogen-bond donors (Lipinski definition) is 1. The van der Waals surface area contributed by atoms with Crippen LogP contribution in [-0.2, 0) is 0 Å². The highest BCUT2D eigenvalue weighted by Gasteiger charge is 2.01. The Kier molecular flexibility index (Phi) is 3.03. The molecule has 1 rings (SSSR count). The maximum atomic E-state index is 11.2. The van der Waals surface area contributed by atoms with Gasteiger partial charge in [0.15, 0.2) is 0 Å². The predicted molar refractivity (Wildman–Crippen MR) is 50.0 cm³/mol. The van der Waals surface area contributed by atoms with Gasteiger partial charge < -0.3 is 10.6 Å². The van der Waals surface area contributed by atoms with Crippen molar-refractivity contribution >= 4 is 12.0 Å². The Morgan fingerprint density at radius 1 is 1.46 bits per heavy atom. The van der Waals surface area contributed by atoms with E-state index in [4.69, 9.17) is 10.6 Å². The van der Waals surface area contributed by atoms with Crippen molar-refractivity contribution in [1.82, 2.24) is 0 Å². The first kappa shape index (κ1) is 9.25. The minimum Gasteiger partial charge on any atom is -0.497 e. The van der Waals surface area contributed by atoms with Crippen LogP contribution in [0.2, 0.25) is 0 Å². The molecule has 0 amide bonds. The van der Waals surface area contributed by atoms with Crippen LogP contribution in [0.25, 0.3) is 0 Å². The molecule has 1 aromatic carbocycles. The Morgan fingerprint density at radius 3 is 2.54 bits per heavy atom. The molecule has 0 fully saturated rings. The molecule has 0 bridgehead atoms. The minimum atomic E-state index is -0.217. The average Bonchev–Trinajstić information content (AvgIpc) is 2.18. The highest BCUT2D eigenvalue weighted by molar-refractivity contribution is 6.35. The normalized spacial score (nSPS) is 10.2. The van der Waals surface area contributed by atoms with E-state index in [0.717, 1.165) is 6.21 Å². The topological polar surface area (TPSA) is 64.7 Å². The number of nitrogens with zero attached hydrogens (tertiary/aromatic N) is 1. The summed E-state index contributed by atoms with van der Waals surface area (Å²) in [7, 11) is 1.57. The maximum Gasteiger partial charge on any atom is 0.205 e. The van der Waals surface area contributed by atoms with Gasteiger partial charge in [0, 0.05) is 5.56 Å². The molecule has 4 nitrogen and oxygen atoms in total. The summed E-state index contributed by atoms with van der Waals surface area (Å²) in [4.78, 5) is 11.2. The van der Waals surface area contributed by atoms with Gasteiger partial charge >= 0.3 is 0 Å². The van der Waals surface area contributed by atoms with Crippen LogP contribution >= 0.6 is 0 Å². The van der Waals surface area contributed by atoms with Crippen molar-refractivity contribution in [2.24, 2.45) is 10.9 Å². The van der Waals surface area contributed by atoms with Crippen LogP contribution in [0.15, 0.2) is 29.4 Å². The fraction of sp³-hybridized carbons (Fsp3) is 0.111. The molecule has 1 aromatic rings. The Labute approximate surface area is 76.0 Å². The number of rotatable bonds is 3. The van der Waals surface area contributed by atoms with E-state index in [9.17, 15) is 4.79 Å². The molecule has 4 heteroatoms. The van der Waals surface area contributed by atoms with Crippen molar-refractivity contribution in [3.63, 3.8) is 0 Å². The molecule has 0 aromatic heterocycles. The predicted octanol–water partition coefficient (Wildman–Crippen LogP) is 0.822. The molecule has 2 N–H and O–H groups in total. The van der Waals surface area contributed by atoms with Crippen LogP contribution in [0.1, 0.15) is 10.4 Å². The largest absolute Gasteiger partial charge is 0.497 e. The fourth-order valence-corrected chi connectivity index (χ4v) is 0.898. The zero-order chi connectivity index (χ0) is 9.68. The van der Waals surface area contributed by atoms with E-state index in [-0.39, 0.29) is 5.78 Å². The van der Waals surface area contributed by atoms with E-state index < -0.39 is 0 Å². The van der Waals surface area contributed by atoms with Gasteiger partial charge in [-0.05, 0) is 24.3 Å². The molecule has 0 heterocycles. The van der Waals surface area contributed by atoms with Crippen LogP contribution in [0.5, 0.6) is 5.75 Å². The second-order valence-electron chi connectivity index (χ2n) is 2.37. The zero-order valence-corrected chi connectivity index (χ0v) is 7.23. The van der Waals surface area contributed by atoms with E-state index in [2.05, 4.69) is 5.10 Å². The molecule has 0 unspecified atom stereocenters. The minimum absolute atomic E-state index is 0.217. The number of carbonyl (C=O) groups is 1. The standard InChI is InChI=1S/C9H10N2O2/c1-13-8-4-2-7(3-5-8)9(12)6-11-10/h2-6H,10H2,1H3. The second-order valence-corrected chi connectivity index (χ2v) is 2.37. The number of benzene rings is 1. The lowest BCUT2D eigenvalue weighted by Gasteiger charge is -1.99. The number of nitrogens with two attached hydrogens (primary N) is 1.